The van der Waals surface area contributed by atoms with Crippen molar-refractivity contribution in [1.29, 1.82) is 0 Å². The van der Waals surface area contributed by atoms with Crippen LogP contribution in [-0.4, -0.2) is 68.1 Å². The van der Waals surface area contributed by atoms with E-state index in [1.807, 2.05) is 25.3 Å². The Balaban J connectivity index is 1.66. The molecule has 0 bridgehead atoms. The quantitative estimate of drug-likeness (QED) is 0.472. The second-order valence-electron chi connectivity index (χ2n) is 7.31. The lowest BCUT2D eigenvalue weighted by Crippen LogP contribution is -2.37. The summed E-state index contributed by atoms with van der Waals surface area (Å²) in [5.41, 5.74) is 2.45. The van der Waals surface area contributed by atoms with Crippen molar-refractivity contribution < 1.29 is 27.5 Å². The van der Waals surface area contributed by atoms with Gasteiger partial charge in [-0.3, -0.25) is 4.79 Å². The first-order chi connectivity index (χ1) is 14.1. The number of aromatic nitrogens is 1. The van der Waals surface area contributed by atoms with Gasteiger partial charge < -0.3 is 18.9 Å². The van der Waals surface area contributed by atoms with Gasteiger partial charge in [-0.2, -0.15) is 0 Å². The highest BCUT2D eigenvalue weighted by Crippen LogP contribution is 2.22. The van der Waals surface area contributed by atoms with E-state index in [1.165, 1.54) is 18.4 Å². The number of fused-ring (bicyclic) bond motifs is 1. The maximum Gasteiger partial charge on any atom is 0.340 e. The number of Topliss-reactive ketones (excluding diaryl/α,β-unsaturated/α-hetero) is 1. The first kappa shape index (κ1) is 22.0. The normalized spacial score (nSPS) is 18.3. The van der Waals surface area contributed by atoms with Crippen molar-refractivity contribution in [2.24, 2.45) is 4.40 Å². The minimum Gasteiger partial charge on any atom is -0.454 e. The Morgan fingerprint density at radius 2 is 2.00 bits per heavy atom. The van der Waals surface area contributed by atoms with Gasteiger partial charge in [0.15, 0.2) is 6.61 Å². The highest BCUT2D eigenvalue weighted by molar-refractivity contribution is 7.90. The van der Waals surface area contributed by atoms with Crippen LogP contribution in [0.3, 0.4) is 0 Å². The summed E-state index contributed by atoms with van der Waals surface area (Å²) in [6.45, 7) is 6.10. The summed E-state index contributed by atoms with van der Waals surface area (Å²) in [7, 11) is -1.84. The van der Waals surface area contributed by atoms with Crippen molar-refractivity contribution in [2.75, 3.05) is 32.6 Å². The van der Waals surface area contributed by atoms with Crippen LogP contribution in [0.1, 0.15) is 34.7 Å². The van der Waals surface area contributed by atoms with E-state index in [9.17, 15) is 18.0 Å². The van der Waals surface area contributed by atoms with E-state index in [4.69, 9.17) is 9.47 Å². The third-order valence-corrected chi connectivity index (χ3v) is 6.19. The van der Waals surface area contributed by atoms with Crippen LogP contribution in [0, 0.1) is 13.8 Å². The highest BCUT2D eigenvalue weighted by Gasteiger charge is 2.26. The first-order valence-electron chi connectivity index (χ1n) is 9.50. The minimum atomic E-state index is -3.46. The van der Waals surface area contributed by atoms with Gasteiger partial charge in [0.05, 0.1) is 24.0 Å². The molecule has 1 unspecified atom stereocenters. The molecule has 2 aliphatic heterocycles. The number of nitrogens with zero attached hydrogens (tertiary/aromatic N) is 3. The SMILES string of the molecule is COCC(C)n1c(C)cc(C(=O)COC(=O)C2=CN3CCS(=O)(=O)N=C3C=C2)c1C. The van der Waals surface area contributed by atoms with E-state index in [0.29, 0.717) is 12.2 Å². The molecule has 0 saturated carbocycles. The number of carbonyl (C=O) groups is 2. The Hall–Kier alpha value is -2.72. The highest BCUT2D eigenvalue weighted by atomic mass is 32.2. The van der Waals surface area contributed by atoms with Crippen molar-refractivity contribution in [3.05, 3.63) is 46.9 Å². The summed E-state index contributed by atoms with van der Waals surface area (Å²) in [6.07, 6.45) is 4.36. The predicted molar refractivity (Wildman–Crippen MR) is 111 cm³/mol. The summed E-state index contributed by atoms with van der Waals surface area (Å²) in [6, 6.07) is 1.86. The summed E-state index contributed by atoms with van der Waals surface area (Å²) in [4.78, 5) is 26.6. The molecule has 0 fully saturated rings. The van der Waals surface area contributed by atoms with Crippen molar-refractivity contribution >= 4 is 27.6 Å². The van der Waals surface area contributed by atoms with Crippen LogP contribution < -0.4 is 0 Å². The summed E-state index contributed by atoms with van der Waals surface area (Å²) < 4.78 is 39.2. The zero-order valence-corrected chi connectivity index (χ0v) is 18.2. The third-order valence-electron chi connectivity index (χ3n) is 5.03. The smallest absolute Gasteiger partial charge is 0.340 e. The number of ether oxygens (including phenoxy) is 2. The number of carbonyl (C=O) groups excluding carboxylic acids is 2. The largest absolute Gasteiger partial charge is 0.454 e. The number of aryl methyl sites for hydroxylation is 1. The Morgan fingerprint density at radius 1 is 1.27 bits per heavy atom. The number of amidine groups is 1. The van der Waals surface area contributed by atoms with Crippen LogP contribution >= 0.6 is 0 Å². The van der Waals surface area contributed by atoms with Crippen LogP contribution in [0.2, 0.25) is 0 Å². The fraction of sp³-hybridized carbons (Fsp3) is 0.450. The van der Waals surface area contributed by atoms with Crippen LogP contribution in [0.5, 0.6) is 0 Å². The standard InChI is InChI=1S/C20H25N3O6S/c1-13-9-17(15(3)23(13)14(2)11-28-4)18(24)12-29-20(25)16-5-6-19-21-30(26,27)8-7-22(19)10-16/h5-6,9-10,14H,7-8,11-12H2,1-4H3. The summed E-state index contributed by atoms with van der Waals surface area (Å²) >= 11 is 0. The maximum atomic E-state index is 12.6. The molecule has 0 aromatic carbocycles. The molecule has 10 heteroatoms. The average Bonchev–Trinajstić information content (AvgIpc) is 2.99. The van der Waals surface area contributed by atoms with Crippen LogP contribution in [0.4, 0.5) is 0 Å². The summed E-state index contributed by atoms with van der Waals surface area (Å²) in [5, 5.41) is 0. The Labute approximate surface area is 175 Å². The molecule has 3 rings (SSSR count). The Kier molecular flexibility index (Phi) is 6.27. The molecular weight excluding hydrogens is 410 g/mol. The monoisotopic (exact) mass is 435 g/mol. The van der Waals surface area contributed by atoms with E-state index in [1.54, 1.807) is 18.1 Å². The molecule has 162 valence electrons. The number of sulfonamides is 1. The molecule has 0 aliphatic carbocycles. The van der Waals surface area contributed by atoms with Gasteiger partial charge >= 0.3 is 5.97 Å². The molecule has 0 spiro atoms. The van der Waals surface area contributed by atoms with E-state index in [-0.39, 0.29) is 42.1 Å². The topological polar surface area (TPSA) is 107 Å². The van der Waals surface area contributed by atoms with Crippen molar-refractivity contribution in [3.63, 3.8) is 0 Å². The number of esters is 1. The van der Waals surface area contributed by atoms with Gasteiger partial charge in [0.2, 0.25) is 5.78 Å². The van der Waals surface area contributed by atoms with Crippen molar-refractivity contribution in [1.82, 2.24) is 9.47 Å². The molecule has 1 atom stereocenters. The molecule has 0 radical (unpaired) electrons. The Bertz CT molecular complexity index is 1060. The number of hydrogen-bond acceptors (Lipinski definition) is 7. The van der Waals surface area contributed by atoms with Gasteiger partial charge in [-0.05, 0) is 39.0 Å². The number of rotatable bonds is 7. The van der Waals surface area contributed by atoms with E-state index >= 15 is 0 Å². The van der Waals surface area contributed by atoms with Gasteiger partial charge in [-0.15, -0.1) is 4.40 Å². The fourth-order valence-corrected chi connectivity index (χ4v) is 4.64. The van der Waals surface area contributed by atoms with Crippen LogP contribution in [0.15, 0.2) is 34.4 Å². The molecule has 2 aliphatic rings. The maximum absolute atomic E-state index is 12.6. The van der Waals surface area contributed by atoms with Gasteiger partial charge in [0.25, 0.3) is 10.0 Å². The minimum absolute atomic E-state index is 0.0702. The zero-order chi connectivity index (χ0) is 22.1. The van der Waals surface area contributed by atoms with Gasteiger partial charge in [0, 0.05) is 36.8 Å². The van der Waals surface area contributed by atoms with Crippen LogP contribution in [-0.2, 0) is 24.3 Å². The van der Waals surface area contributed by atoms with Crippen molar-refractivity contribution in [2.45, 2.75) is 26.8 Å². The molecule has 1 aromatic rings. The molecule has 0 N–H and O–H groups in total. The lowest BCUT2D eigenvalue weighted by Gasteiger charge is -2.26. The lowest BCUT2D eigenvalue weighted by molar-refractivity contribution is -0.137. The number of methoxy groups -OCH3 is 1. The molecule has 1 aromatic heterocycles. The number of hydrogen-bond donors (Lipinski definition) is 0. The molecule has 3 heterocycles. The fourth-order valence-electron chi connectivity index (χ4n) is 3.67. The number of ketones is 1. The zero-order valence-electron chi connectivity index (χ0n) is 17.4. The predicted octanol–water partition coefficient (Wildman–Crippen LogP) is 1.54. The van der Waals surface area contributed by atoms with Gasteiger partial charge in [-0.1, -0.05) is 0 Å². The second kappa shape index (κ2) is 8.57. The van der Waals surface area contributed by atoms with E-state index < -0.39 is 16.0 Å². The lowest BCUT2D eigenvalue weighted by atomic mass is 10.1. The average molecular weight is 436 g/mol. The molecule has 30 heavy (non-hydrogen) atoms. The third kappa shape index (κ3) is 4.54. The first-order valence-corrected chi connectivity index (χ1v) is 11.1. The second-order valence-corrected chi connectivity index (χ2v) is 9.06. The molecule has 0 saturated heterocycles. The van der Waals surface area contributed by atoms with E-state index in [2.05, 4.69) is 4.40 Å². The van der Waals surface area contributed by atoms with E-state index in [0.717, 1.165) is 11.4 Å². The summed E-state index contributed by atoms with van der Waals surface area (Å²) in [5.74, 6) is -0.821. The van der Waals surface area contributed by atoms with Gasteiger partial charge in [0.1, 0.15) is 5.84 Å². The Morgan fingerprint density at radius 3 is 2.70 bits per heavy atom. The molecule has 0 amide bonds. The molecular formula is C20H25N3O6S. The van der Waals surface area contributed by atoms with Crippen LogP contribution in [0.25, 0.3) is 0 Å². The van der Waals surface area contributed by atoms with Crippen molar-refractivity contribution in [3.8, 4) is 0 Å². The molecule has 9 nitrogen and oxygen atoms in total. The van der Waals surface area contributed by atoms with Gasteiger partial charge in [-0.25, -0.2) is 13.2 Å².